The van der Waals surface area contributed by atoms with Gasteiger partial charge >= 0.3 is 0 Å². The Morgan fingerprint density at radius 3 is 2.16 bits per heavy atom. The zero-order valence-corrected chi connectivity index (χ0v) is 22.6. The summed E-state index contributed by atoms with van der Waals surface area (Å²) in [6.07, 6.45) is 0.736. The van der Waals surface area contributed by atoms with Crippen LogP contribution < -0.4 is 14.4 Å². The molecule has 8 heteroatoms. The van der Waals surface area contributed by atoms with Gasteiger partial charge in [-0.15, -0.1) is 0 Å². The first-order chi connectivity index (χ1) is 18.3. The molecule has 0 aromatic heterocycles. The molecule has 0 fully saturated rings. The van der Waals surface area contributed by atoms with Gasteiger partial charge in [0.2, 0.25) is 0 Å². The van der Waals surface area contributed by atoms with Crippen LogP contribution in [0.15, 0.2) is 108 Å². The van der Waals surface area contributed by atoms with E-state index >= 15 is 0 Å². The third kappa shape index (κ3) is 7.37. The second-order valence-corrected chi connectivity index (χ2v) is 11.1. The van der Waals surface area contributed by atoms with Gasteiger partial charge in [0.15, 0.2) is 6.61 Å². The fourth-order valence-corrected chi connectivity index (χ4v) is 5.39. The van der Waals surface area contributed by atoms with E-state index in [1.54, 1.807) is 72.8 Å². The van der Waals surface area contributed by atoms with E-state index in [0.29, 0.717) is 23.0 Å². The van der Waals surface area contributed by atoms with Crippen LogP contribution >= 0.6 is 11.6 Å². The highest BCUT2D eigenvalue weighted by Gasteiger charge is 2.25. The summed E-state index contributed by atoms with van der Waals surface area (Å²) in [6.45, 7) is 2.41. The highest BCUT2D eigenvalue weighted by atomic mass is 35.5. The number of rotatable bonds is 11. The van der Waals surface area contributed by atoms with Gasteiger partial charge in [-0.05, 0) is 73.0 Å². The number of carbonyl (C=O) groups excluding carboxylic acids is 1. The van der Waals surface area contributed by atoms with Crippen molar-refractivity contribution in [2.45, 2.75) is 24.8 Å². The van der Waals surface area contributed by atoms with Crippen LogP contribution in [0.25, 0.3) is 0 Å². The lowest BCUT2D eigenvalue weighted by atomic mass is 10.1. The number of aryl methyl sites for hydroxylation is 1. The van der Waals surface area contributed by atoms with E-state index in [1.807, 2.05) is 37.3 Å². The number of halogens is 1. The summed E-state index contributed by atoms with van der Waals surface area (Å²) < 4.78 is 34.2. The number of hydrogen-bond donors (Lipinski definition) is 1. The summed E-state index contributed by atoms with van der Waals surface area (Å²) in [6, 6.07) is 30.4. The first-order valence-corrected chi connectivity index (χ1v) is 14.0. The molecule has 38 heavy (non-hydrogen) atoms. The molecule has 0 bridgehead atoms. The maximum Gasteiger partial charge on any atom is 0.264 e. The number of hydrogen-bond acceptors (Lipinski definition) is 4. The number of nitrogens with zero attached hydrogens (tertiary/aromatic N) is 1. The van der Waals surface area contributed by atoms with E-state index in [9.17, 15) is 13.2 Å². The maximum absolute atomic E-state index is 13.6. The molecule has 0 aliphatic rings. The van der Waals surface area contributed by atoms with Gasteiger partial charge in [-0.2, -0.15) is 0 Å². The van der Waals surface area contributed by atoms with Crippen LogP contribution in [0.4, 0.5) is 5.69 Å². The Bertz CT molecular complexity index is 1440. The van der Waals surface area contributed by atoms with Gasteiger partial charge in [-0.1, -0.05) is 71.8 Å². The fraction of sp³-hybridized carbons (Fsp3) is 0.167. The Balaban J connectivity index is 1.44. The van der Waals surface area contributed by atoms with E-state index in [0.717, 1.165) is 23.1 Å². The molecular formula is C30H29ClN2O4S. The summed E-state index contributed by atoms with van der Waals surface area (Å²) in [7, 11) is -3.86. The lowest BCUT2D eigenvalue weighted by Gasteiger charge is -2.25. The highest BCUT2D eigenvalue weighted by Crippen LogP contribution is 2.28. The monoisotopic (exact) mass is 548 g/mol. The van der Waals surface area contributed by atoms with Crippen molar-refractivity contribution in [3.8, 4) is 5.75 Å². The predicted molar refractivity (Wildman–Crippen MR) is 151 cm³/mol. The normalized spacial score (nSPS) is 11.1. The van der Waals surface area contributed by atoms with Gasteiger partial charge in [-0.3, -0.25) is 9.10 Å². The van der Waals surface area contributed by atoms with Crippen molar-refractivity contribution in [3.05, 3.63) is 125 Å². The highest BCUT2D eigenvalue weighted by molar-refractivity contribution is 7.92. The predicted octanol–water partition coefficient (Wildman–Crippen LogP) is 5.78. The molecule has 0 unspecified atom stereocenters. The van der Waals surface area contributed by atoms with Crippen LogP contribution in [0.5, 0.6) is 5.75 Å². The van der Waals surface area contributed by atoms with E-state index in [4.69, 9.17) is 16.3 Å². The van der Waals surface area contributed by atoms with Crippen molar-refractivity contribution >= 4 is 33.2 Å². The lowest BCUT2D eigenvalue weighted by Crippen LogP contribution is -2.31. The molecule has 0 aliphatic heterocycles. The average Bonchev–Trinajstić information content (AvgIpc) is 2.93. The van der Waals surface area contributed by atoms with Crippen LogP contribution in [-0.2, 0) is 27.8 Å². The molecule has 6 nitrogen and oxygen atoms in total. The van der Waals surface area contributed by atoms with Gasteiger partial charge in [0.25, 0.3) is 15.9 Å². The minimum absolute atomic E-state index is 0.122. The molecule has 0 heterocycles. The quantitative estimate of drug-likeness (QED) is 0.258. The summed E-state index contributed by atoms with van der Waals surface area (Å²) in [5.74, 6) is 0.238. The Hall–Kier alpha value is -3.81. The topological polar surface area (TPSA) is 75.7 Å². The van der Waals surface area contributed by atoms with Gasteiger partial charge in [0.1, 0.15) is 5.75 Å². The third-order valence-corrected chi connectivity index (χ3v) is 7.96. The van der Waals surface area contributed by atoms with Gasteiger partial charge in [0, 0.05) is 11.6 Å². The lowest BCUT2D eigenvalue weighted by molar-refractivity contribution is -0.123. The van der Waals surface area contributed by atoms with Gasteiger partial charge in [-0.25, -0.2) is 8.42 Å². The van der Waals surface area contributed by atoms with Crippen molar-refractivity contribution < 1.29 is 17.9 Å². The number of anilines is 1. The molecule has 0 aliphatic carbocycles. The fourth-order valence-electron chi connectivity index (χ4n) is 3.81. The molecule has 4 aromatic rings. The minimum Gasteiger partial charge on any atom is -0.484 e. The molecule has 4 rings (SSSR count). The van der Waals surface area contributed by atoms with Crippen LogP contribution in [0.1, 0.15) is 16.7 Å². The second kappa shape index (κ2) is 12.6. The zero-order chi connectivity index (χ0) is 27.0. The number of nitrogens with one attached hydrogen (secondary N) is 1. The number of benzene rings is 4. The largest absolute Gasteiger partial charge is 0.484 e. The molecule has 0 radical (unpaired) electrons. The van der Waals surface area contributed by atoms with Gasteiger partial charge < -0.3 is 10.1 Å². The van der Waals surface area contributed by atoms with Crippen LogP contribution in [0.2, 0.25) is 5.02 Å². The summed E-state index contributed by atoms with van der Waals surface area (Å²) >= 11 is 6.02. The average molecular weight is 549 g/mol. The first kappa shape index (κ1) is 27.2. The smallest absolute Gasteiger partial charge is 0.264 e. The van der Waals surface area contributed by atoms with Crippen molar-refractivity contribution in [2.75, 3.05) is 17.5 Å². The Kier molecular flexibility index (Phi) is 9.05. The second-order valence-electron chi connectivity index (χ2n) is 8.82. The Morgan fingerprint density at radius 1 is 0.842 bits per heavy atom. The molecule has 0 spiro atoms. The summed E-state index contributed by atoms with van der Waals surface area (Å²) in [5.41, 5.74) is 3.38. The molecule has 4 aromatic carbocycles. The third-order valence-electron chi connectivity index (χ3n) is 5.92. The molecule has 196 valence electrons. The molecule has 0 atom stereocenters. The molecule has 1 amide bonds. The zero-order valence-electron chi connectivity index (χ0n) is 21.0. The van der Waals surface area contributed by atoms with Crippen LogP contribution in [0.3, 0.4) is 0 Å². The first-order valence-electron chi connectivity index (χ1n) is 12.2. The van der Waals surface area contributed by atoms with E-state index in [1.165, 1.54) is 4.31 Å². The van der Waals surface area contributed by atoms with Crippen LogP contribution in [0, 0.1) is 6.92 Å². The van der Waals surface area contributed by atoms with Crippen molar-refractivity contribution in [1.29, 1.82) is 0 Å². The minimum atomic E-state index is -3.86. The van der Waals surface area contributed by atoms with E-state index in [-0.39, 0.29) is 24.0 Å². The molecular weight excluding hydrogens is 520 g/mol. The standard InChI is InChI=1S/C30H29ClN2O4S/c1-23-7-17-29(18-8-23)38(35,36)33(21-25-9-11-26(31)12-10-25)27-13-15-28(16-14-27)37-22-30(34)32-20-19-24-5-3-2-4-6-24/h2-18H,19-22H2,1H3,(H,32,34). The van der Waals surface area contributed by atoms with E-state index in [2.05, 4.69) is 5.32 Å². The summed E-state index contributed by atoms with van der Waals surface area (Å²) in [5, 5.41) is 3.42. The van der Waals surface area contributed by atoms with Crippen molar-refractivity contribution in [3.63, 3.8) is 0 Å². The van der Waals surface area contributed by atoms with Gasteiger partial charge in [0.05, 0.1) is 17.1 Å². The number of sulfonamides is 1. The van der Waals surface area contributed by atoms with E-state index < -0.39 is 10.0 Å². The van der Waals surface area contributed by atoms with Crippen molar-refractivity contribution in [2.24, 2.45) is 0 Å². The van der Waals surface area contributed by atoms with Crippen LogP contribution in [-0.4, -0.2) is 27.5 Å². The summed E-state index contributed by atoms with van der Waals surface area (Å²) in [4.78, 5) is 12.4. The number of carbonyl (C=O) groups is 1. The molecule has 0 saturated heterocycles. The maximum atomic E-state index is 13.6. The Labute approximate surface area is 228 Å². The van der Waals surface area contributed by atoms with Crippen molar-refractivity contribution in [1.82, 2.24) is 5.32 Å². The molecule has 0 saturated carbocycles. The Morgan fingerprint density at radius 2 is 1.50 bits per heavy atom. The number of amides is 1. The SMILES string of the molecule is Cc1ccc(S(=O)(=O)N(Cc2ccc(Cl)cc2)c2ccc(OCC(=O)NCCc3ccccc3)cc2)cc1. The molecule has 1 N–H and O–H groups in total. The number of ether oxygens (including phenoxy) is 1.